The van der Waals surface area contributed by atoms with Crippen LogP contribution < -0.4 is 10.6 Å². The Morgan fingerprint density at radius 1 is 1.08 bits per heavy atom. The van der Waals surface area contributed by atoms with Crippen LogP contribution in [0.4, 0.5) is 8.78 Å². The number of alkyl halides is 2. The molecule has 0 spiro atoms. The maximum atomic E-state index is 13.5. The van der Waals surface area contributed by atoms with Crippen LogP contribution in [0.25, 0.3) is 0 Å². The van der Waals surface area contributed by atoms with Gasteiger partial charge in [0.15, 0.2) is 0 Å². The molecule has 1 aliphatic rings. The lowest BCUT2D eigenvalue weighted by atomic mass is 10.1. The van der Waals surface area contributed by atoms with Crippen molar-refractivity contribution in [2.75, 3.05) is 13.1 Å². The van der Waals surface area contributed by atoms with Gasteiger partial charge in [-0.15, -0.1) is 11.3 Å². The summed E-state index contributed by atoms with van der Waals surface area (Å²) in [5.41, 5.74) is 2.29. The van der Waals surface area contributed by atoms with Gasteiger partial charge in [-0.2, -0.15) is 5.26 Å². The minimum Gasteiger partial charge on any atom is -0.508 e. The first kappa shape index (κ1) is 26.7. The average molecular weight is 540 g/mol. The molecule has 2 heterocycles. The molecule has 2 aromatic carbocycles. The van der Waals surface area contributed by atoms with E-state index in [0.29, 0.717) is 23.5 Å². The third kappa shape index (κ3) is 6.68. The fourth-order valence-corrected chi connectivity index (χ4v) is 4.69. The second-order valence-corrected chi connectivity index (χ2v) is 9.70. The predicted molar refractivity (Wildman–Crippen MR) is 134 cm³/mol. The minimum atomic E-state index is -3.13. The molecule has 4 rings (SSSR count). The van der Waals surface area contributed by atoms with Crippen molar-refractivity contribution in [3.63, 3.8) is 0 Å². The third-order valence-corrected chi connectivity index (χ3v) is 6.73. The van der Waals surface area contributed by atoms with Crippen molar-refractivity contribution in [2.45, 2.75) is 31.4 Å². The van der Waals surface area contributed by atoms with E-state index in [2.05, 4.69) is 15.6 Å². The zero-order chi connectivity index (χ0) is 27.3. The Morgan fingerprint density at radius 2 is 1.76 bits per heavy atom. The summed E-state index contributed by atoms with van der Waals surface area (Å²) < 4.78 is 27.1. The van der Waals surface area contributed by atoms with Gasteiger partial charge in [-0.3, -0.25) is 14.4 Å². The number of carbonyl (C=O) groups is 3. The van der Waals surface area contributed by atoms with Crippen LogP contribution in [0.5, 0.6) is 5.75 Å². The molecule has 1 saturated heterocycles. The van der Waals surface area contributed by atoms with Gasteiger partial charge in [0.25, 0.3) is 17.7 Å². The number of halogens is 2. The maximum Gasteiger partial charge on any atom is 0.271 e. The molecule has 0 aliphatic carbocycles. The molecule has 196 valence electrons. The molecule has 0 bridgehead atoms. The van der Waals surface area contributed by atoms with Crippen molar-refractivity contribution >= 4 is 29.1 Å². The van der Waals surface area contributed by atoms with Gasteiger partial charge in [-0.05, 0) is 35.4 Å². The van der Waals surface area contributed by atoms with Gasteiger partial charge in [0.1, 0.15) is 17.5 Å². The number of amides is 3. The number of carbonyl (C=O) groups excluding carboxylic acids is 3. The number of rotatable bonds is 8. The summed E-state index contributed by atoms with van der Waals surface area (Å²) in [4.78, 5) is 42.1. The number of phenolic OH excluding ortho intramolecular Hbond substituents is 1. The van der Waals surface area contributed by atoms with Crippen molar-refractivity contribution < 1.29 is 28.3 Å². The largest absolute Gasteiger partial charge is 0.508 e. The molecule has 3 aromatic rings. The SMILES string of the molecule is N#C[C@@H]1CC(F)(F)CN1C(=O)CNC(=O)c1csc(Cc2ccc(C(=O)NCc3ccc(O)cc3)cc2)n1. The van der Waals surface area contributed by atoms with Crippen LogP contribution >= 0.6 is 11.3 Å². The number of nitrogens with one attached hydrogen (secondary N) is 2. The number of aromatic hydroxyl groups is 1. The fourth-order valence-electron chi connectivity index (χ4n) is 3.89. The van der Waals surface area contributed by atoms with E-state index in [9.17, 15) is 28.3 Å². The van der Waals surface area contributed by atoms with E-state index in [0.717, 1.165) is 16.0 Å². The van der Waals surface area contributed by atoms with Crippen molar-refractivity contribution in [3.8, 4) is 11.8 Å². The molecule has 1 aromatic heterocycles. The van der Waals surface area contributed by atoms with E-state index >= 15 is 0 Å². The van der Waals surface area contributed by atoms with E-state index in [4.69, 9.17) is 5.26 Å². The summed E-state index contributed by atoms with van der Waals surface area (Å²) in [5, 5.41) is 25.7. The first-order valence-corrected chi connectivity index (χ1v) is 12.5. The van der Waals surface area contributed by atoms with E-state index in [-0.39, 0.29) is 17.4 Å². The average Bonchev–Trinajstić information content (AvgIpc) is 3.50. The van der Waals surface area contributed by atoms with Gasteiger partial charge in [0.2, 0.25) is 5.91 Å². The zero-order valence-electron chi connectivity index (χ0n) is 20.0. The number of nitrogens with zero attached hydrogens (tertiary/aromatic N) is 3. The minimum absolute atomic E-state index is 0.0895. The Morgan fingerprint density at radius 3 is 2.45 bits per heavy atom. The molecular weight excluding hydrogens is 516 g/mol. The summed E-state index contributed by atoms with van der Waals surface area (Å²) in [6.07, 6.45) is -0.302. The van der Waals surface area contributed by atoms with Crippen molar-refractivity contribution in [3.05, 3.63) is 81.3 Å². The van der Waals surface area contributed by atoms with Crippen molar-refractivity contribution in [2.24, 2.45) is 0 Å². The number of aromatic nitrogens is 1. The van der Waals surface area contributed by atoms with Crippen LogP contribution in [0.15, 0.2) is 53.9 Å². The molecule has 0 radical (unpaired) electrons. The molecule has 9 nitrogen and oxygen atoms in total. The maximum absolute atomic E-state index is 13.5. The number of thiazole rings is 1. The van der Waals surface area contributed by atoms with Gasteiger partial charge < -0.3 is 20.6 Å². The Bertz CT molecular complexity index is 1370. The molecule has 1 atom stereocenters. The van der Waals surface area contributed by atoms with Crippen molar-refractivity contribution in [1.82, 2.24) is 20.5 Å². The van der Waals surface area contributed by atoms with E-state index in [1.807, 2.05) is 0 Å². The standard InChI is InChI=1S/C26H23F2N5O4S/c27-26(28)10-19(11-29)33(15-26)23(35)13-31-25(37)21-14-38-22(32-21)9-16-1-5-18(6-2-16)24(36)30-12-17-3-7-20(34)8-4-17/h1-8,14,19,34H,9-10,12-13,15H2,(H,30,36)(H,31,37)/t19-/m0/s1. The highest BCUT2D eigenvalue weighted by molar-refractivity contribution is 7.09. The third-order valence-electron chi connectivity index (χ3n) is 5.88. The van der Waals surface area contributed by atoms with Gasteiger partial charge in [-0.25, -0.2) is 13.8 Å². The summed E-state index contributed by atoms with van der Waals surface area (Å²) in [5.74, 6) is -4.60. The molecule has 3 amide bonds. The lowest BCUT2D eigenvalue weighted by molar-refractivity contribution is -0.131. The summed E-state index contributed by atoms with van der Waals surface area (Å²) in [7, 11) is 0. The quantitative estimate of drug-likeness (QED) is 0.403. The lowest BCUT2D eigenvalue weighted by Crippen LogP contribution is -2.43. The molecule has 0 saturated carbocycles. The van der Waals surface area contributed by atoms with E-state index in [1.165, 1.54) is 16.7 Å². The summed E-state index contributed by atoms with van der Waals surface area (Å²) in [6, 6.07) is 13.9. The summed E-state index contributed by atoms with van der Waals surface area (Å²) >= 11 is 1.25. The Kier molecular flexibility index (Phi) is 7.97. The molecule has 12 heteroatoms. The number of hydrogen-bond donors (Lipinski definition) is 3. The molecular formula is C26H23F2N5O4S. The van der Waals surface area contributed by atoms with Crippen LogP contribution in [0, 0.1) is 11.3 Å². The number of phenols is 1. The Balaban J connectivity index is 1.26. The second kappa shape index (κ2) is 11.4. The highest BCUT2D eigenvalue weighted by Gasteiger charge is 2.47. The number of hydrogen-bond acceptors (Lipinski definition) is 7. The molecule has 0 unspecified atom stereocenters. The highest BCUT2D eigenvalue weighted by atomic mass is 32.1. The van der Waals surface area contributed by atoms with E-state index in [1.54, 1.807) is 54.6 Å². The second-order valence-electron chi connectivity index (χ2n) is 8.76. The topological polar surface area (TPSA) is 135 Å². The molecule has 38 heavy (non-hydrogen) atoms. The van der Waals surface area contributed by atoms with Gasteiger partial charge in [0.05, 0.1) is 24.2 Å². The zero-order valence-corrected chi connectivity index (χ0v) is 20.8. The van der Waals surface area contributed by atoms with Gasteiger partial charge in [0, 0.05) is 30.3 Å². The Hall–Kier alpha value is -4.37. The monoisotopic (exact) mass is 539 g/mol. The van der Waals surface area contributed by atoms with Crippen LogP contribution in [-0.2, 0) is 17.8 Å². The van der Waals surface area contributed by atoms with Crippen molar-refractivity contribution in [1.29, 1.82) is 5.26 Å². The molecule has 1 aliphatic heterocycles. The van der Waals surface area contributed by atoms with Crippen LogP contribution in [-0.4, -0.2) is 57.8 Å². The first-order valence-electron chi connectivity index (χ1n) is 11.6. The molecule has 3 N–H and O–H groups in total. The van der Waals surface area contributed by atoms with Gasteiger partial charge in [-0.1, -0.05) is 24.3 Å². The van der Waals surface area contributed by atoms with Crippen LogP contribution in [0.3, 0.4) is 0 Å². The smallest absolute Gasteiger partial charge is 0.271 e. The first-order chi connectivity index (χ1) is 18.1. The van der Waals surface area contributed by atoms with Crippen LogP contribution in [0.1, 0.15) is 43.4 Å². The highest BCUT2D eigenvalue weighted by Crippen LogP contribution is 2.31. The normalized spacial score (nSPS) is 16.0. The number of nitriles is 1. The van der Waals surface area contributed by atoms with Gasteiger partial charge >= 0.3 is 0 Å². The Labute approximate surface area is 220 Å². The van der Waals surface area contributed by atoms with Crippen LogP contribution in [0.2, 0.25) is 0 Å². The number of benzene rings is 2. The molecule has 1 fully saturated rings. The predicted octanol–water partition coefficient (Wildman–Crippen LogP) is 2.86. The van der Waals surface area contributed by atoms with E-state index < -0.39 is 43.3 Å². The lowest BCUT2D eigenvalue weighted by Gasteiger charge is -2.19. The number of likely N-dealkylation sites (tertiary alicyclic amines) is 1. The summed E-state index contributed by atoms with van der Waals surface area (Å²) in [6.45, 7) is -1.05. The fraction of sp³-hybridized carbons (Fsp3) is 0.269.